The first-order chi connectivity index (χ1) is 5.25. The van der Waals surface area contributed by atoms with Gasteiger partial charge in [-0.2, -0.15) is 0 Å². The van der Waals surface area contributed by atoms with E-state index in [1.807, 2.05) is 0 Å². The Balaban J connectivity index is 5.49. The van der Waals surface area contributed by atoms with E-state index in [0.29, 0.717) is 0 Å². The van der Waals surface area contributed by atoms with E-state index in [4.69, 9.17) is 0 Å². The van der Waals surface area contributed by atoms with Crippen LogP contribution in [0.4, 0.5) is 24.2 Å². The van der Waals surface area contributed by atoms with Crippen LogP contribution in [0.5, 0.6) is 0 Å². The number of hydrazine groups is 1. The van der Waals surface area contributed by atoms with Crippen molar-refractivity contribution in [3.8, 4) is 0 Å². The Labute approximate surface area is 66.5 Å². The number of carboxylic acid groups (broad SMARTS) is 1. The molecule has 0 aromatic heterocycles. The monoisotopic (exact) mass is 231 g/mol. The molecule has 0 fully saturated rings. The van der Waals surface area contributed by atoms with Crippen LogP contribution in [-0.4, -0.2) is 15.5 Å². The third-order valence-corrected chi connectivity index (χ3v) is 1.57. The summed E-state index contributed by atoms with van der Waals surface area (Å²) in [5.74, 6) is 0. The second-order valence-corrected chi connectivity index (χ2v) is 3.91. The van der Waals surface area contributed by atoms with Crippen molar-refractivity contribution in [1.82, 2.24) is 4.41 Å². The SMILES string of the molecule is O=C([O-])N([N+](=O)[O-])S(F)(F)(F)(F)F. The number of carbonyl (C=O) groups is 1. The van der Waals surface area contributed by atoms with Gasteiger partial charge in [-0.25, -0.2) is 10.1 Å². The number of amides is 1. The highest BCUT2D eigenvalue weighted by molar-refractivity contribution is 8.44. The van der Waals surface area contributed by atoms with Gasteiger partial charge >= 0.3 is 10.4 Å². The van der Waals surface area contributed by atoms with Gasteiger partial charge in [0, 0.05) is 0 Å². The molecule has 0 aromatic carbocycles. The Hall–Kier alpha value is -1.33. The summed E-state index contributed by atoms with van der Waals surface area (Å²) in [6.45, 7) is 0. The minimum absolute atomic E-state index is 2.81. The second-order valence-electron chi connectivity index (χ2n) is 1.70. The van der Waals surface area contributed by atoms with Gasteiger partial charge in [-0.1, -0.05) is 19.4 Å². The lowest BCUT2D eigenvalue weighted by Crippen LogP contribution is -2.49. The summed E-state index contributed by atoms with van der Waals surface area (Å²) in [7, 11) is -10.8. The largest absolute Gasteiger partial charge is 0.525 e. The zero-order chi connectivity index (χ0) is 11.1. The fourth-order valence-electron chi connectivity index (χ4n) is 0.334. The van der Waals surface area contributed by atoms with Gasteiger partial charge in [0.05, 0.1) is 4.41 Å². The van der Waals surface area contributed by atoms with Gasteiger partial charge in [0.15, 0.2) is 5.03 Å². The first-order valence-corrected chi connectivity index (χ1v) is 4.06. The maximum atomic E-state index is 11.4. The van der Waals surface area contributed by atoms with Crippen LogP contribution in [0.25, 0.3) is 0 Å². The summed E-state index contributed by atoms with van der Waals surface area (Å²) in [4.78, 5) is 18.7. The Kier molecular flexibility index (Phi) is 1.74. The Morgan fingerprint density at radius 2 is 1.54 bits per heavy atom. The summed E-state index contributed by atoms with van der Waals surface area (Å²) >= 11 is 0. The lowest BCUT2D eigenvalue weighted by molar-refractivity contribution is -0.619. The van der Waals surface area contributed by atoms with Crippen molar-refractivity contribution in [2.75, 3.05) is 0 Å². The normalized spacial score (nSPS) is 17.0. The van der Waals surface area contributed by atoms with Gasteiger partial charge in [-0.15, -0.1) is 0 Å². The molecule has 0 bridgehead atoms. The number of hydrogen-bond donors (Lipinski definition) is 0. The van der Waals surface area contributed by atoms with Crippen molar-refractivity contribution in [2.45, 2.75) is 0 Å². The quantitative estimate of drug-likeness (QED) is 0.403. The molecule has 12 heteroatoms. The number of carbonyl (C=O) groups excluding carboxylic acids is 1. The van der Waals surface area contributed by atoms with E-state index in [2.05, 4.69) is 0 Å². The summed E-state index contributed by atoms with van der Waals surface area (Å²) < 4.78 is 54.1. The van der Waals surface area contributed by atoms with Gasteiger partial charge in [0.1, 0.15) is 0 Å². The standard InChI is InChI=1S/CHF5N2O4S/c2-13(3,4,5,6)7(1(9)10)8(11)12/h(H,9,10)/p-1. The lowest BCUT2D eigenvalue weighted by Gasteiger charge is -2.42. The van der Waals surface area contributed by atoms with Crippen molar-refractivity contribution in [1.29, 1.82) is 0 Å². The fourth-order valence-corrected chi connectivity index (χ4v) is 0.867. The molecule has 0 aliphatic rings. The number of halogens is 5. The van der Waals surface area contributed by atoms with Crippen molar-refractivity contribution in [3.05, 3.63) is 10.1 Å². The maximum Gasteiger partial charge on any atom is 0.417 e. The van der Waals surface area contributed by atoms with Crippen LogP contribution in [0.15, 0.2) is 0 Å². The first kappa shape index (κ1) is 11.7. The van der Waals surface area contributed by atoms with Crippen LogP contribution in [0.3, 0.4) is 0 Å². The van der Waals surface area contributed by atoms with E-state index < -0.39 is 25.9 Å². The molecule has 6 nitrogen and oxygen atoms in total. The molecule has 0 heterocycles. The molecule has 0 saturated carbocycles. The van der Waals surface area contributed by atoms with Crippen molar-refractivity contribution >= 4 is 16.5 Å². The molecular weight excluding hydrogens is 231 g/mol. The van der Waals surface area contributed by atoms with Gasteiger partial charge in [-0.3, -0.25) is 0 Å². The molecule has 13 heavy (non-hydrogen) atoms. The molecule has 0 spiro atoms. The van der Waals surface area contributed by atoms with Gasteiger partial charge in [0.25, 0.3) is 0 Å². The summed E-state index contributed by atoms with van der Waals surface area (Å²) in [5, 5.41) is 15.9. The topological polar surface area (TPSA) is 86.5 Å². The highest BCUT2D eigenvalue weighted by Gasteiger charge is 2.76. The molecular formula is CF5N2O4S-. The van der Waals surface area contributed by atoms with E-state index in [1.165, 1.54) is 0 Å². The predicted octanol–water partition coefficient (Wildman–Crippen LogP) is 1.04. The van der Waals surface area contributed by atoms with Gasteiger partial charge in [-0.05, 0) is 0 Å². The predicted molar refractivity (Wildman–Crippen MR) is 27.4 cm³/mol. The van der Waals surface area contributed by atoms with Gasteiger partial charge < -0.3 is 9.90 Å². The molecule has 0 atom stereocenters. The smallest absolute Gasteiger partial charge is 0.417 e. The molecule has 0 saturated heterocycles. The molecule has 0 unspecified atom stereocenters. The molecule has 0 radical (unpaired) electrons. The third kappa shape index (κ3) is 2.89. The van der Waals surface area contributed by atoms with E-state index >= 15 is 0 Å². The molecule has 0 N–H and O–H groups in total. The molecule has 0 aromatic rings. The van der Waals surface area contributed by atoms with E-state index in [-0.39, 0.29) is 0 Å². The lowest BCUT2D eigenvalue weighted by atomic mass is 11.3. The number of nitrogens with zero attached hydrogens (tertiary/aromatic N) is 2. The molecule has 0 aliphatic carbocycles. The zero-order valence-corrected chi connectivity index (χ0v) is 6.14. The van der Waals surface area contributed by atoms with E-state index in [1.54, 1.807) is 0 Å². The highest BCUT2D eigenvalue weighted by Crippen LogP contribution is 2.99. The van der Waals surface area contributed by atoms with Crippen LogP contribution in [0.2, 0.25) is 0 Å². The van der Waals surface area contributed by atoms with Gasteiger partial charge in [0.2, 0.25) is 6.09 Å². The fraction of sp³-hybridized carbons (Fsp3) is 0. The van der Waals surface area contributed by atoms with E-state index in [9.17, 15) is 39.4 Å². The van der Waals surface area contributed by atoms with Crippen LogP contribution in [-0.2, 0) is 0 Å². The van der Waals surface area contributed by atoms with Crippen LogP contribution in [0, 0.1) is 10.1 Å². The van der Waals surface area contributed by atoms with Crippen molar-refractivity contribution < 1.29 is 34.4 Å². The number of rotatable bonds is 2. The minimum Gasteiger partial charge on any atom is -0.525 e. The van der Waals surface area contributed by atoms with Crippen LogP contribution in [0.1, 0.15) is 0 Å². The zero-order valence-electron chi connectivity index (χ0n) is 5.33. The number of nitro groups is 1. The van der Waals surface area contributed by atoms with Crippen molar-refractivity contribution in [2.24, 2.45) is 0 Å². The summed E-state index contributed by atoms with van der Waals surface area (Å²) in [5.41, 5.74) is 0. The molecule has 1 amide bonds. The summed E-state index contributed by atoms with van der Waals surface area (Å²) in [6.07, 6.45) is -3.65. The van der Waals surface area contributed by atoms with E-state index in [0.717, 1.165) is 0 Å². The Bertz CT molecular complexity index is 254. The Morgan fingerprint density at radius 3 is 1.54 bits per heavy atom. The maximum absolute atomic E-state index is 11.4. The second kappa shape index (κ2) is 1.94. The first-order valence-electron chi connectivity index (χ1n) is 2.15. The average molecular weight is 231 g/mol. The highest BCUT2D eigenvalue weighted by atomic mass is 32.5. The minimum atomic E-state index is -10.8. The third-order valence-electron chi connectivity index (χ3n) is 0.631. The number of hydrogen-bond acceptors (Lipinski definition) is 4. The van der Waals surface area contributed by atoms with Crippen LogP contribution < -0.4 is 5.11 Å². The summed E-state index contributed by atoms with van der Waals surface area (Å²) in [6, 6.07) is 0. The molecule has 80 valence electrons. The molecule has 0 rings (SSSR count). The Morgan fingerprint density at radius 1 is 1.23 bits per heavy atom. The van der Waals surface area contributed by atoms with Crippen LogP contribution >= 0.6 is 10.4 Å². The molecule has 0 aliphatic heterocycles. The van der Waals surface area contributed by atoms with Crippen molar-refractivity contribution in [3.63, 3.8) is 0 Å². The average Bonchev–Trinajstić information content (AvgIpc) is 1.48.